The third kappa shape index (κ3) is 55.3. The molecule has 0 N–H and O–H groups in total. The molecule has 0 amide bonds. The van der Waals surface area contributed by atoms with E-state index in [0.29, 0.717) is 12.8 Å². The smallest absolute Gasteiger partial charge is 0.306 e. The Labute approximate surface area is 535 Å². The molecule has 0 bridgehead atoms. The highest BCUT2D eigenvalue weighted by Crippen LogP contribution is 2.36. The average Bonchev–Trinajstić information content (AvgIpc) is 3.22. The van der Waals surface area contributed by atoms with Gasteiger partial charge in [0.25, 0.3) is 0 Å². The number of hydrogen-bond donors (Lipinski definition) is 0. The molecule has 1 aliphatic heterocycles. The molecule has 1 heterocycles. The van der Waals surface area contributed by atoms with Crippen LogP contribution in [-0.2, 0) is 28.5 Å². The summed E-state index contributed by atoms with van der Waals surface area (Å²) in [5.41, 5.74) is 0. The molecule has 1 rings (SSSR count). The second-order valence-electron chi connectivity index (χ2n) is 26.2. The largest absolute Gasteiger partial charge is 0.462 e. The van der Waals surface area contributed by atoms with Crippen LogP contribution in [0.4, 0.5) is 0 Å². The highest BCUT2D eigenvalue weighted by molar-refractivity contribution is 5.69. The first-order valence-electron chi connectivity index (χ1n) is 37.5. The van der Waals surface area contributed by atoms with Crippen LogP contribution in [0.3, 0.4) is 0 Å². The predicted molar refractivity (Wildman–Crippen MR) is 374 cm³/mol. The van der Waals surface area contributed by atoms with Gasteiger partial charge in [-0.2, -0.15) is 0 Å². The van der Waals surface area contributed by atoms with Crippen molar-refractivity contribution in [1.29, 1.82) is 0 Å². The van der Waals surface area contributed by atoms with Crippen molar-refractivity contribution >= 4 is 11.9 Å². The number of nitrogens with zero attached hydrogens (tertiary/aromatic N) is 1. The Morgan fingerprint density at radius 3 is 1.09 bits per heavy atom. The number of ether oxygens (including phenoxy) is 4. The summed E-state index contributed by atoms with van der Waals surface area (Å²) in [4.78, 5) is 28.0. The molecule has 7 nitrogen and oxygen atoms in total. The first kappa shape index (κ1) is 81.3. The van der Waals surface area contributed by atoms with Crippen molar-refractivity contribution in [3.8, 4) is 0 Å². The fraction of sp³-hybridized carbons (Fsp3) is 0.823. The van der Waals surface area contributed by atoms with E-state index < -0.39 is 5.79 Å². The Morgan fingerprint density at radius 1 is 0.407 bits per heavy atom. The number of unbranched alkanes of at least 4 members (excludes halogenated alkanes) is 34. The van der Waals surface area contributed by atoms with Crippen molar-refractivity contribution < 1.29 is 28.5 Å². The second kappa shape index (κ2) is 63.8. The van der Waals surface area contributed by atoms with E-state index in [2.05, 4.69) is 120 Å². The van der Waals surface area contributed by atoms with Crippen LogP contribution in [0.1, 0.15) is 368 Å². The fourth-order valence-corrected chi connectivity index (χ4v) is 11.7. The predicted octanol–water partition coefficient (Wildman–Crippen LogP) is 24.6. The van der Waals surface area contributed by atoms with Gasteiger partial charge in [0.05, 0.1) is 12.7 Å². The summed E-state index contributed by atoms with van der Waals surface area (Å²) in [6.45, 7) is 10.8. The maximum absolute atomic E-state index is 12.9. The molecule has 4 atom stereocenters. The Hall–Kier alpha value is -2.74. The maximum atomic E-state index is 12.9. The summed E-state index contributed by atoms with van der Waals surface area (Å²) in [5, 5.41) is 0. The zero-order valence-corrected chi connectivity index (χ0v) is 57.9. The number of rotatable bonds is 65. The van der Waals surface area contributed by atoms with Crippen LogP contribution in [-0.4, -0.2) is 68.2 Å². The van der Waals surface area contributed by atoms with Crippen molar-refractivity contribution in [1.82, 2.24) is 4.90 Å². The number of esters is 2. The van der Waals surface area contributed by atoms with Gasteiger partial charge >= 0.3 is 11.9 Å². The van der Waals surface area contributed by atoms with E-state index in [4.69, 9.17) is 18.9 Å². The van der Waals surface area contributed by atoms with E-state index in [1.54, 1.807) is 0 Å². The molecular weight excluding hydrogens is 1060 g/mol. The molecule has 500 valence electrons. The van der Waals surface area contributed by atoms with E-state index in [1.165, 1.54) is 205 Å². The Morgan fingerprint density at radius 2 is 0.721 bits per heavy atom. The molecule has 0 aliphatic carbocycles. The minimum Gasteiger partial charge on any atom is -0.462 e. The van der Waals surface area contributed by atoms with Gasteiger partial charge in [-0.3, -0.25) is 9.59 Å². The summed E-state index contributed by atoms with van der Waals surface area (Å²) in [5.74, 6) is -0.399. The van der Waals surface area contributed by atoms with Gasteiger partial charge in [0.1, 0.15) is 12.2 Å². The molecule has 1 fully saturated rings. The first-order chi connectivity index (χ1) is 42.3. The number of carbonyl (C=O) groups excluding carboxylic acids is 2. The minimum atomic E-state index is -0.401. The molecule has 3 unspecified atom stereocenters. The summed E-state index contributed by atoms with van der Waals surface area (Å²) in [6, 6.07) is 0. The van der Waals surface area contributed by atoms with Crippen LogP contribution >= 0.6 is 0 Å². The lowest BCUT2D eigenvalue weighted by Crippen LogP contribution is -2.31. The Balaban J connectivity index is 2.33. The SMILES string of the molecule is CCCCC/C=C\C/C=C\CCCCCCCC(=O)OC(C/C=C\CCCCCCCCC1(CCCCCCCC/C=C\C[C@@H](CCCCCC)OC(=O)CCCCCCC/C=C\C/C=C\CCCCC)OCC(CCN(C)C)O1)CCCCCC. The van der Waals surface area contributed by atoms with Gasteiger partial charge in [-0.15, -0.1) is 0 Å². The van der Waals surface area contributed by atoms with Crippen molar-refractivity contribution in [3.63, 3.8) is 0 Å². The van der Waals surface area contributed by atoms with Crippen molar-refractivity contribution in [3.05, 3.63) is 72.9 Å². The molecule has 7 heteroatoms. The topological polar surface area (TPSA) is 74.3 Å². The van der Waals surface area contributed by atoms with Gasteiger partial charge in [0.2, 0.25) is 0 Å². The van der Waals surface area contributed by atoms with Gasteiger partial charge < -0.3 is 23.8 Å². The lowest BCUT2D eigenvalue weighted by Gasteiger charge is -2.29. The molecular formula is C79H143NO6. The minimum absolute atomic E-state index is 0.000910. The van der Waals surface area contributed by atoms with Crippen LogP contribution in [0.15, 0.2) is 72.9 Å². The van der Waals surface area contributed by atoms with Crippen LogP contribution in [0.5, 0.6) is 0 Å². The van der Waals surface area contributed by atoms with Gasteiger partial charge in [0.15, 0.2) is 5.79 Å². The molecule has 0 radical (unpaired) electrons. The molecule has 1 aliphatic rings. The standard InChI is InChI=1S/C79H143NO6/c1-7-11-15-19-21-23-25-27-29-31-33-39-45-51-59-67-77(81)84-74(63-55-17-13-9-3)65-57-49-43-37-35-41-47-53-61-70-79(83-73-76(86-79)69-72-80(5)6)71-62-54-48-42-36-38-44-50-58-66-75(64-56-18-14-10-4)85-78(82)68-60-52-46-40-34-32-30-28-26-24-22-20-16-12-8-2/h21-24,27-30,49-50,57-58,74-76H,7-20,25-26,31-48,51-56,59-73H2,1-6H3/b23-21-,24-22-,29-27-,30-28-,57-49-,58-50-/t74-,75?,76?,79?/m1/s1. The van der Waals surface area contributed by atoms with Gasteiger partial charge in [-0.05, 0) is 162 Å². The Kier molecular flexibility index (Phi) is 60.3. The zero-order chi connectivity index (χ0) is 62.2. The molecule has 0 aromatic heterocycles. The molecule has 0 aromatic rings. The highest BCUT2D eigenvalue weighted by Gasteiger charge is 2.40. The lowest BCUT2D eigenvalue weighted by molar-refractivity contribution is -0.180. The van der Waals surface area contributed by atoms with Crippen LogP contribution in [0.25, 0.3) is 0 Å². The van der Waals surface area contributed by atoms with Crippen molar-refractivity contribution in [2.24, 2.45) is 0 Å². The molecule has 0 spiro atoms. The second-order valence-corrected chi connectivity index (χ2v) is 26.2. The third-order valence-electron chi connectivity index (χ3n) is 17.3. The lowest BCUT2D eigenvalue weighted by atomic mass is 9.98. The summed E-state index contributed by atoms with van der Waals surface area (Å²) in [7, 11) is 4.29. The van der Waals surface area contributed by atoms with Crippen LogP contribution in [0, 0.1) is 0 Å². The highest BCUT2D eigenvalue weighted by atomic mass is 16.7. The van der Waals surface area contributed by atoms with Crippen LogP contribution in [0.2, 0.25) is 0 Å². The number of hydrogen-bond acceptors (Lipinski definition) is 7. The molecule has 86 heavy (non-hydrogen) atoms. The van der Waals surface area contributed by atoms with Crippen molar-refractivity contribution in [2.75, 3.05) is 27.2 Å². The quantitative estimate of drug-likeness (QED) is 0.0341. The monoisotopic (exact) mass is 1200 g/mol. The Bertz CT molecular complexity index is 1540. The first-order valence-corrected chi connectivity index (χ1v) is 37.5. The maximum Gasteiger partial charge on any atom is 0.306 e. The van der Waals surface area contributed by atoms with E-state index in [1.807, 2.05) is 0 Å². The molecule has 0 aromatic carbocycles. The van der Waals surface area contributed by atoms with Crippen LogP contribution < -0.4 is 0 Å². The van der Waals surface area contributed by atoms with Gasteiger partial charge in [-0.25, -0.2) is 0 Å². The number of allylic oxidation sites excluding steroid dienone is 10. The fourth-order valence-electron chi connectivity index (χ4n) is 11.7. The van der Waals surface area contributed by atoms with E-state index in [0.717, 1.165) is 135 Å². The zero-order valence-electron chi connectivity index (χ0n) is 57.9. The molecule has 1 saturated heterocycles. The summed E-state index contributed by atoms with van der Waals surface area (Å²) < 4.78 is 25.5. The summed E-state index contributed by atoms with van der Waals surface area (Å²) in [6.07, 6.45) is 88.9. The van der Waals surface area contributed by atoms with Gasteiger partial charge in [-0.1, -0.05) is 255 Å². The number of carbonyl (C=O) groups is 2. The third-order valence-corrected chi connectivity index (χ3v) is 17.3. The summed E-state index contributed by atoms with van der Waals surface area (Å²) >= 11 is 0. The van der Waals surface area contributed by atoms with E-state index in [9.17, 15) is 9.59 Å². The molecule has 0 saturated carbocycles. The van der Waals surface area contributed by atoms with Gasteiger partial charge in [0, 0.05) is 45.1 Å². The normalized spacial score (nSPS) is 16.5. The van der Waals surface area contributed by atoms with Crippen molar-refractivity contribution in [2.45, 2.75) is 392 Å². The average molecular weight is 1200 g/mol. The van der Waals surface area contributed by atoms with E-state index >= 15 is 0 Å². The van der Waals surface area contributed by atoms with E-state index in [-0.39, 0.29) is 30.3 Å².